The Morgan fingerprint density at radius 3 is 2.55 bits per heavy atom. The summed E-state index contributed by atoms with van der Waals surface area (Å²) in [6, 6.07) is 19.7. The summed E-state index contributed by atoms with van der Waals surface area (Å²) >= 11 is 0. The van der Waals surface area contributed by atoms with E-state index in [9.17, 15) is 9.59 Å². The third kappa shape index (κ3) is 5.51. The highest BCUT2D eigenvalue weighted by molar-refractivity contribution is 5.95. The van der Waals surface area contributed by atoms with Crippen LogP contribution in [0.5, 0.6) is 0 Å². The summed E-state index contributed by atoms with van der Waals surface area (Å²) in [5.74, 6) is 0.138. The van der Waals surface area contributed by atoms with E-state index in [1.54, 1.807) is 6.20 Å². The molecule has 2 amide bonds. The van der Waals surface area contributed by atoms with Gasteiger partial charge in [0.2, 0.25) is 5.91 Å². The van der Waals surface area contributed by atoms with E-state index in [-0.39, 0.29) is 17.7 Å². The van der Waals surface area contributed by atoms with Crippen LogP contribution in [0.2, 0.25) is 0 Å². The summed E-state index contributed by atoms with van der Waals surface area (Å²) in [5, 5.41) is 7.54. The maximum atomic E-state index is 13.2. The summed E-state index contributed by atoms with van der Waals surface area (Å²) in [5.41, 5.74) is 3.54. The minimum absolute atomic E-state index is 0.000448. The molecule has 1 saturated heterocycles. The number of amides is 2. The molecule has 0 radical (unpaired) electrons. The van der Waals surface area contributed by atoms with E-state index in [0.717, 1.165) is 42.8 Å². The molecule has 1 aliphatic heterocycles. The zero-order valence-electron chi connectivity index (χ0n) is 19.2. The molecule has 1 aromatic heterocycles. The van der Waals surface area contributed by atoms with E-state index >= 15 is 0 Å². The van der Waals surface area contributed by atoms with E-state index < -0.39 is 0 Å². The van der Waals surface area contributed by atoms with E-state index in [0.29, 0.717) is 31.5 Å². The lowest BCUT2D eigenvalue weighted by atomic mass is 9.95. The van der Waals surface area contributed by atoms with Gasteiger partial charge in [-0.2, -0.15) is 5.10 Å². The molecule has 172 valence electrons. The van der Waals surface area contributed by atoms with Crippen molar-refractivity contribution in [3.05, 3.63) is 72.4 Å². The number of unbranched alkanes of at least 4 members (excludes halogenated alkanes) is 2. The van der Waals surface area contributed by atoms with Gasteiger partial charge in [0.05, 0.1) is 17.6 Å². The molecule has 1 aliphatic rings. The van der Waals surface area contributed by atoms with Crippen LogP contribution in [0.25, 0.3) is 16.9 Å². The SMILES string of the molecule is CCCCCNC(=O)C1CCN(C(=O)c2cccc(-n3nccc3-c3ccccc3)c2)CC1. The van der Waals surface area contributed by atoms with Gasteiger partial charge in [0.1, 0.15) is 0 Å². The smallest absolute Gasteiger partial charge is 0.253 e. The molecule has 0 saturated carbocycles. The Hall–Kier alpha value is -3.41. The summed E-state index contributed by atoms with van der Waals surface area (Å²) < 4.78 is 1.86. The molecule has 1 fully saturated rings. The summed E-state index contributed by atoms with van der Waals surface area (Å²) in [4.78, 5) is 27.5. The highest BCUT2D eigenvalue weighted by Crippen LogP contribution is 2.24. The number of carbonyl (C=O) groups excluding carboxylic acids is 2. The molecule has 0 unspecified atom stereocenters. The molecule has 6 nitrogen and oxygen atoms in total. The van der Waals surface area contributed by atoms with Crippen molar-refractivity contribution in [2.45, 2.75) is 39.0 Å². The predicted molar refractivity (Wildman–Crippen MR) is 130 cm³/mol. The van der Waals surface area contributed by atoms with Crippen molar-refractivity contribution in [3.63, 3.8) is 0 Å². The fourth-order valence-electron chi connectivity index (χ4n) is 4.37. The Labute approximate surface area is 195 Å². The lowest BCUT2D eigenvalue weighted by Gasteiger charge is -2.31. The van der Waals surface area contributed by atoms with Crippen LogP contribution < -0.4 is 5.32 Å². The quantitative estimate of drug-likeness (QED) is 0.512. The van der Waals surface area contributed by atoms with E-state index in [1.807, 2.05) is 70.2 Å². The van der Waals surface area contributed by atoms with Gasteiger partial charge < -0.3 is 10.2 Å². The number of nitrogens with one attached hydrogen (secondary N) is 1. The van der Waals surface area contributed by atoms with Gasteiger partial charge in [-0.25, -0.2) is 4.68 Å². The van der Waals surface area contributed by atoms with E-state index in [4.69, 9.17) is 0 Å². The Morgan fingerprint density at radius 1 is 1.00 bits per heavy atom. The largest absolute Gasteiger partial charge is 0.356 e. The summed E-state index contributed by atoms with van der Waals surface area (Å²) in [7, 11) is 0. The number of benzene rings is 2. The third-order valence-electron chi connectivity index (χ3n) is 6.28. The van der Waals surface area contributed by atoms with Crippen molar-refractivity contribution < 1.29 is 9.59 Å². The van der Waals surface area contributed by atoms with Gasteiger partial charge in [-0.3, -0.25) is 9.59 Å². The lowest BCUT2D eigenvalue weighted by molar-refractivity contribution is -0.126. The molecule has 6 heteroatoms. The van der Waals surface area contributed by atoms with Gasteiger partial charge in [0, 0.05) is 36.7 Å². The number of nitrogens with zero attached hydrogens (tertiary/aromatic N) is 3. The van der Waals surface area contributed by atoms with Crippen LogP contribution in [0.4, 0.5) is 0 Å². The zero-order chi connectivity index (χ0) is 23.0. The first-order valence-electron chi connectivity index (χ1n) is 11.9. The van der Waals surface area contributed by atoms with Crippen LogP contribution in [0.3, 0.4) is 0 Å². The Morgan fingerprint density at radius 2 is 1.79 bits per heavy atom. The molecule has 2 heterocycles. The maximum absolute atomic E-state index is 13.2. The fraction of sp³-hybridized carbons (Fsp3) is 0.370. The Kier molecular flexibility index (Phi) is 7.55. The van der Waals surface area contributed by atoms with Crippen molar-refractivity contribution >= 4 is 11.8 Å². The minimum Gasteiger partial charge on any atom is -0.356 e. The van der Waals surface area contributed by atoms with Crippen LogP contribution in [0, 0.1) is 5.92 Å². The topological polar surface area (TPSA) is 67.2 Å². The molecule has 2 aromatic carbocycles. The molecule has 0 spiro atoms. The molecule has 0 atom stereocenters. The molecular formula is C27H32N4O2. The van der Waals surface area contributed by atoms with Gasteiger partial charge >= 0.3 is 0 Å². The first-order valence-corrected chi connectivity index (χ1v) is 11.9. The molecule has 0 bridgehead atoms. The Balaban J connectivity index is 1.40. The number of aromatic nitrogens is 2. The first-order chi connectivity index (χ1) is 16.2. The van der Waals surface area contributed by atoms with Crippen molar-refractivity contribution in [2.75, 3.05) is 19.6 Å². The van der Waals surface area contributed by atoms with Gasteiger partial charge in [-0.05, 0) is 43.5 Å². The highest BCUT2D eigenvalue weighted by atomic mass is 16.2. The third-order valence-corrected chi connectivity index (χ3v) is 6.28. The maximum Gasteiger partial charge on any atom is 0.253 e. The number of carbonyl (C=O) groups is 2. The zero-order valence-corrected chi connectivity index (χ0v) is 19.2. The van der Waals surface area contributed by atoms with Crippen LogP contribution in [0.1, 0.15) is 49.4 Å². The summed E-state index contributed by atoms with van der Waals surface area (Å²) in [6.45, 7) is 4.11. The van der Waals surface area contributed by atoms with Crippen LogP contribution >= 0.6 is 0 Å². The van der Waals surface area contributed by atoms with Crippen molar-refractivity contribution in [2.24, 2.45) is 5.92 Å². The highest BCUT2D eigenvalue weighted by Gasteiger charge is 2.27. The number of likely N-dealkylation sites (tertiary alicyclic amines) is 1. The Bertz CT molecular complexity index is 1070. The number of piperidine rings is 1. The van der Waals surface area contributed by atoms with Crippen LogP contribution in [-0.4, -0.2) is 46.1 Å². The number of hydrogen-bond donors (Lipinski definition) is 1. The first kappa shape index (κ1) is 22.8. The second-order valence-electron chi connectivity index (χ2n) is 8.61. The standard InChI is InChI=1S/C27H32N4O2/c1-2-3-7-16-28-26(32)22-14-18-30(19-15-22)27(33)23-11-8-12-24(20-23)31-25(13-17-29-31)21-9-5-4-6-10-21/h4-6,8-13,17,20,22H,2-3,7,14-16,18-19H2,1H3,(H,28,32). The predicted octanol–water partition coefficient (Wildman–Crippen LogP) is 4.70. The van der Waals surface area contributed by atoms with Crippen LogP contribution in [-0.2, 0) is 4.79 Å². The summed E-state index contributed by atoms with van der Waals surface area (Å²) in [6.07, 6.45) is 6.50. The van der Waals surface area contributed by atoms with Gasteiger partial charge in [-0.1, -0.05) is 56.2 Å². The van der Waals surface area contributed by atoms with Gasteiger partial charge in [0.15, 0.2) is 0 Å². The minimum atomic E-state index is -0.000448. The molecule has 4 rings (SSSR count). The average Bonchev–Trinajstić information content (AvgIpc) is 3.37. The van der Waals surface area contributed by atoms with Crippen molar-refractivity contribution in [1.29, 1.82) is 0 Å². The molecule has 33 heavy (non-hydrogen) atoms. The number of hydrogen-bond acceptors (Lipinski definition) is 3. The molecule has 3 aromatic rings. The molecular weight excluding hydrogens is 412 g/mol. The fourth-order valence-corrected chi connectivity index (χ4v) is 4.37. The number of rotatable bonds is 8. The van der Waals surface area contributed by atoms with Crippen molar-refractivity contribution in [3.8, 4) is 16.9 Å². The second kappa shape index (κ2) is 10.9. The average molecular weight is 445 g/mol. The lowest BCUT2D eigenvalue weighted by Crippen LogP contribution is -2.43. The monoisotopic (exact) mass is 444 g/mol. The normalized spacial score (nSPS) is 14.3. The van der Waals surface area contributed by atoms with E-state index in [1.165, 1.54) is 0 Å². The second-order valence-corrected chi connectivity index (χ2v) is 8.61. The molecule has 0 aliphatic carbocycles. The van der Waals surface area contributed by atoms with Gasteiger partial charge in [-0.15, -0.1) is 0 Å². The van der Waals surface area contributed by atoms with E-state index in [2.05, 4.69) is 17.3 Å². The molecule has 1 N–H and O–H groups in total. The van der Waals surface area contributed by atoms with Crippen molar-refractivity contribution in [1.82, 2.24) is 20.0 Å². The van der Waals surface area contributed by atoms with Crippen LogP contribution in [0.15, 0.2) is 66.9 Å². The van der Waals surface area contributed by atoms with Gasteiger partial charge in [0.25, 0.3) is 5.91 Å².